The SMILES string of the molecule is CCCCNC(=O)Nc1ccc(-c2nc3c([nH]2)CNCC3)cc1.Cl.Cl. The Kier molecular flexibility index (Phi) is 8.75. The molecular weight excluding hydrogens is 361 g/mol. The van der Waals surface area contributed by atoms with Crippen molar-refractivity contribution in [2.45, 2.75) is 32.7 Å². The Balaban J connectivity index is 0.00000156. The largest absolute Gasteiger partial charge is 0.341 e. The Hall–Kier alpha value is -1.76. The van der Waals surface area contributed by atoms with Crippen LogP contribution in [0.1, 0.15) is 31.2 Å². The second-order valence-electron chi connectivity index (χ2n) is 5.75. The van der Waals surface area contributed by atoms with Crippen LogP contribution in [0.2, 0.25) is 0 Å². The van der Waals surface area contributed by atoms with Crippen LogP contribution in [0.15, 0.2) is 24.3 Å². The molecule has 1 aliphatic rings. The average Bonchev–Trinajstić information content (AvgIpc) is 3.00. The molecule has 0 saturated heterocycles. The number of carbonyl (C=O) groups is 1. The van der Waals surface area contributed by atoms with Gasteiger partial charge in [0, 0.05) is 37.3 Å². The molecule has 0 bridgehead atoms. The Morgan fingerprint density at radius 1 is 1.24 bits per heavy atom. The number of H-pyrrole nitrogens is 1. The maximum absolute atomic E-state index is 11.7. The third kappa shape index (κ3) is 5.63. The quantitative estimate of drug-likeness (QED) is 0.594. The number of imidazole rings is 1. The lowest BCUT2D eigenvalue weighted by molar-refractivity contribution is 0.252. The molecule has 1 aromatic carbocycles. The van der Waals surface area contributed by atoms with E-state index in [1.807, 2.05) is 24.3 Å². The van der Waals surface area contributed by atoms with Gasteiger partial charge in [-0.05, 0) is 30.7 Å². The summed E-state index contributed by atoms with van der Waals surface area (Å²) in [5.74, 6) is 0.887. The zero-order valence-corrected chi connectivity index (χ0v) is 15.9. The van der Waals surface area contributed by atoms with Crippen molar-refractivity contribution in [1.82, 2.24) is 20.6 Å². The highest BCUT2D eigenvalue weighted by atomic mass is 35.5. The fourth-order valence-corrected chi connectivity index (χ4v) is 2.62. The maximum Gasteiger partial charge on any atom is 0.319 e. The maximum atomic E-state index is 11.7. The highest BCUT2D eigenvalue weighted by Crippen LogP contribution is 2.22. The molecule has 0 spiro atoms. The van der Waals surface area contributed by atoms with Crippen LogP contribution in [0.4, 0.5) is 10.5 Å². The number of amides is 2. The van der Waals surface area contributed by atoms with Crippen LogP contribution < -0.4 is 16.0 Å². The zero-order valence-electron chi connectivity index (χ0n) is 14.2. The normalized spacial score (nSPS) is 12.4. The number of benzene rings is 1. The number of hydrogen-bond donors (Lipinski definition) is 4. The van der Waals surface area contributed by atoms with Gasteiger partial charge >= 0.3 is 6.03 Å². The summed E-state index contributed by atoms with van der Waals surface area (Å²) in [6.45, 7) is 4.63. The van der Waals surface area contributed by atoms with Gasteiger partial charge in [-0.25, -0.2) is 9.78 Å². The van der Waals surface area contributed by atoms with Crippen LogP contribution in [-0.4, -0.2) is 29.1 Å². The van der Waals surface area contributed by atoms with E-state index in [4.69, 9.17) is 0 Å². The molecule has 0 atom stereocenters. The van der Waals surface area contributed by atoms with Gasteiger partial charge in [0.15, 0.2) is 0 Å². The second-order valence-corrected chi connectivity index (χ2v) is 5.75. The van der Waals surface area contributed by atoms with E-state index >= 15 is 0 Å². The lowest BCUT2D eigenvalue weighted by Gasteiger charge is -2.09. The number of halogens is 2. The van der Waals surface area contributed by atoms with E-state index < -0.39 is 0 Å². The molecule has 8 heteroatoms. The third-order valence-corrected chi connectivity index (χ3v) is 3.94. The first-order valence-electron chi connectivity index (χ1n) is 8.20. The summed E-state index contributed by atoms with van der Waals surface area (Å²) in [6, 6.07) is 7.58. The summed E-state index contributed by atoms with van der Waals surface area (Å²) in [5.41, 5.74) is 4.12. The van der Waals surface area contributed by atoms with E-state index in [0.717, 1.165) is 55.1 Å². The van der Waals surface area contributed by atoms with Gasteiger partial charge in [0.25, 0.3) is 0 Å². The molecule has 0 aliphatic carbocycles. The van der Waals surface area contributed by atoms with Gasteiger partial charge in [-0.15, -0.1) is 24.8 Å². The van der Waals surface area contributed by atoms with Gasteiger partial charge in [-0.2, -0.15) is 0 Å². The molecular formula is C17H25Cl2N5O. The average molecular weight is 386 g/mol. The van der Waals surface area contributed by atoms with Crippen molar-refractivity contribution in [3.05, 3.63) is 35.7 Å². The zero-order chi connectivity index (χ0) is 16.1. The van der Waals surface area contributed by atoms with Crippen molar-refractivity contribution < 1.29 is 4.79 Å². The van der Waals surface area contributed by atoms with Crippen molar-refractivity contribution in [3.8, 4) is 11.4 Å². The molecule has 0 radical (unpaired) electrons. The Morgan fingerprint density at radius 3 is 2.68 bits per heavy atom. The molecule has 2 aromatic rings. The van der Waals surface area contributed by atoms with Crippen LogP contribution in [0.25, 0.3) is 11.4 Å². The first kappa shape index (κ1) is 21.3. The van der Waals surface area contributed by atoms with E-state index in [1.54, 1.807) is 0 Å². The van der Waals surface area contributed by atoms with Crippen LogP contribution >= 0.6 is 24.8 Å². The first-order valence-corrected chi connectivity index (χ1v) is 8.20. The molecule has 138 valence electrons. The lowest BCUT2D eigenvalue weighted by Crippen LogP contribution is -2.29. The number of carbonyl (C=O) groups excluding carboxylic acids is 1. The van der Waals surface area contributed by atoms with Gasteiger partial charge in [0.2, 0.25) is 0 Å². The number of rotatable bonds is 5. The highest BCUT2D eigenvalue weighted by Gasteiger charge is 2.14. The number of fused-ring (bicyclic) bond motifs is 1. The minimum Gasteiger partial charge on any atom is -0.341 e. The van der Waals surface area contributed by atoms with Gasteiger partial charge in [-0.3, -0.25) is 0 Å². The Morgan fingerprint density at radius 2 is 2.00 bits per heavy atom. The van der Waals surface area contributed by atoms with Crippen LogP contribution in [-0.2, 0) is 13.0 Å². The number of aromatic nitrogens is 2. The van der Waals surface area contributed by atoms with Crippen molar-refractivity contribution in [1.29, 1.82) is 0 Å². The van der Waals surface area contributed by atoms with Crippen molar-refractivity contribution >= 4 is 36.5 Å². The molecule has 0 saturated carbocycles. The number of unbranched alkanes of at least 4 members (excludes halogenated alkanes) is 1. The van der Waals surface area contributed by atoms with E-state index in [0.29, 0.717) is 6.54 Å². The molecule has 1 aromatic heterocycles. The first-order chi connectivity index (χ1) is 11.3. The molecule has 4 N–H and O–H groups in total. The van der Waals surface area contributed by atoms with Crippen molar-refractivity contribution in [3.63, 3.8) is 0 Å². The number of nitrogens with one attached hydrogen (secondary N) is 4. The predicted octanol–water partition coefficient (Wildman–Crippen LogP) is 3.49. The summed E-state index contributed by atoms with van der Waals surface area (Å²) >= 11 is 0. The monoisotopic (exact) mass is 385 g/mol. The summed E-state index contributed by atoms with van der Waals surface area (Å²) in [5, 5.41) is 9.01. The fraction of sp³-hybridized carbons (Fsp3) is 0.412. The number of anilines is 1. The van der Waals surface area contributed by atoms with Gasteiger partial charge < -0.3 is 20.9 Å². The smallest absolute Gasteiger partial charge is 0.319 e. The van der Waals surface area contributed by atoms with E-state index in [2.05, 4.69) is 32.8 Å². The molecule has 0 unspecified atom stereocenters. The minimum absolute atomic E-state index is 0. The molecule has 0 fully saturated rings. The van der Waals surface area contributed by atoms with Gasteiger partial charge in [0.05, 0.1) is 11.4 Å². The Bertz CT molecular complexity index is 649. The van der Waals surface area contributed by atoms with Gasteiger partial charge in [0.1, 0.15) is 5.82 Å². The van der Waals surface area contributed by atoms with Crippen molar-refractivity contribution in [2.24, 2.45) is 0 Å². The lowest BCUT2D eigenvalue weighted by atomic mass is 10.2. The molecule has 2 amide bonds. The number of aromatic amines is 1. The number of nitrogens with zero attached hydrogens (tertiary/aromatic N) is 1. The van der Waals surface area contributed by atoms with Crippen LogP contribution in [0, 0.1) is 0 Å². The predicted molar refractivity (Wildman–Crippen MR) is 106 cm³/mol. The van der Waals surface area contributed by atoms with E-state index in [1.165, 1.54) is 5.69 Å². The van der Waals surface area contributed by atoms with Crippen molar-refractivity contribution in [2.75, 3.05) is 18.4 Å². The molecule has 1 aliphatic heterocycles. The topological polar surface area (TPSA) is 81.8 Å². The third-order valence-electron chi connectivity index (χ3n) is 3.94. The number of urea groups is 1. The van der Waals surface area contributed by atoms with Crippen LogP contribution in [0.5, 0.6) is 0 Å². The Labute approximate surface area is 160 Å². The summed E-state index contributed by atoms with van der Waals surface area (Å²) in [4.78, 5) is 19.8. The summed E-state index contributed by atoms with van der Waals surface area (Å²) in [7, 11) is 0. The molecule has 6 nitrogen and oxygen atoms in total. The van der Waals surface area contributed by atoms with E-state index in [-0.39, 0.29) is 30.8 Å². The second kappa shape index (κ2) is 10.3. The summed E-state index contributed by atoms with van der Waals surface area (Å²) < 4.78 is 0. The van der Waals surface area contributed by atoms with Crippen LogP contribution in [0.3, 0.4) is 0 Å². The van der Waals surface area contributed by atoms with Gasteiger partial charge in [-0.1, -0.05) is 13.3 Å². The molecule has 2 heterocycles. The highest BCUT2D eigenvalue weighted by molar-refractivity contribution is 5.89. The standard InChI is InChI=1S/C17H23N5O.2ClH/c1-2-3-9-19-17(23)20-13-6-4-12(5-7-13)16-21-14-8-10-18-11-15(14)22-16;;/h4-7,18H,2-3,8-11H2,1H3,(H,21,22)(H2,19,20,23);2*1H. The fourth-order valence-electron chi connectivity index (χ4n) is 2.62. The molecule has 3 rings (SSSR count). The number of hydrogen-bond acceptors (Lipinski definition) is 3. The summed E-state index contributed by atoms with van der Waals surface area (Å²) in [6.07, 6.45) is 3.02. The van der Waals surface area contributed by atoms with E-state index in [9.17, 15) is 4.79 Å². The minimum atomic E-state index is -0.161. The molecule has 25 heavy (non-hydrogen) atoms.